The van der Waals surface area contributed by atoms with E-state index in [1.807, 2.05) is 28.8 Å². The van der Waals surface area contributed by atoms with E-state index in [0.29, 0.717) is 13.0 Å². The first-order chi connectivity index (χ1) is 7.27. The van der Waals surface area contributed by atoms with Crippen LogP contribution in [0, 0.1) is 0 Å². The van der Waals surface area contributed by atoms with Crippen molar-refractivity contribution in [1.29, 1.82) is 0 Å². The number of nitrogens with one attached hydrogen (secondary N) is 1. The van der Waals surface area contributed by atoms with Crippen LogP contribution >= 0.6 is 0 Å². The number of pyridine rings is 1. The second-order valence-electron chi connectivity index (χ2n) is 3.21. The fraction of sp³-hybridized carbons (Fsp3) is 0.200. The minimum atomic E-state index is -0.305. The number of amides is 1. The number of anilines is 1. The Morgan fingerprint density at radius 1 is 1.53 bits per heavy atom. The van der Waals surface area contributed by atoms with Crippen molar-refractivity contribution in [3.05, 3.63) is 30.6 Å². The molecule has 0 atom stereocenters. The average Bonchev–Trinajstić information content (AvgIpc) is 2.65. The van der Waals surface area contributed by atoms with Crippen LogP contribution in [0.25, 0.3) is 5.65 Å². The zero-order chi connectivity index (χ0) is 10.7. The highest BCUT2D eigenvalue weighted by Gasteiger charge is 1.99. The van der Waals surface area contributed by atoms with Crippen molar-refractivity contribution >= 4 is 17.4 Å². The summed E-state index contributed by atoms with van der Waals surface area (Å²) in [4.78, 5) is 14.7. The molecule has 2 rings (SSSR count). The largest absolute Gasteiger partial charge is 0.371 e. The molecule has 5 nitrogen and oxygen atoms in total. The number of hydrogen-bond acceptors (Lipinski definition) is 3. The topological polar surface area (TPSA) is 72.4 Å². The lowest BCUT2D eigenvalue weighted by Gasteiger charge is -2.07. The summed E-state index contributed by atoms with van der Waals surface area (Å²) in [5, 5.41) is 3.13. The molecule has 0 bridgehead atoms. The lowest BCUT2D eigenvalue weighted by Crippen LogP contribution is -2.16. The summed E-state index contributed by atoms with van der Waals surface area (Å²) in [5.41, 5.74) is 5.93. The van der Waals surface area contributed by atoms with Crippen LogP contribution in [0.4, 0.5) is 5.82 Å². The lowest BCUT2D eigenvalue weighted by molar-refractivity contribution is -0.117. The SMILES string of the molecule is NC(=O)CCNc1cccc2nccn12. The summed E-state index contributed by atoms with van der Waals surface area (Å²) in [5.74, 6) is 0.603. The molecule has 1 amide bonds. The minimum Gasteiger partial charge on any atom is -0.371 e. The van der Waals surface area contributed by atoms with Gasteiger partial charge in [-0.3, -0.25) is 9.20 Å². The molecule has 5 heteroatoms. The quantitative estimate of drug-likeness (QED) is 0.766. The van der Waals surface area contributed by atoms with Crippen molar-refractivity contribution in [3.8, 4) is 0 Å². The predicted octanol–water partition coefficient (Wildman–Crippen LogP) is 0.622. The molecule has 0 spiro atoms. The smallest absolute Gasteiger partial charge is 0.219 e. The van der Waals surface area contributed by atoms with Crippen LogP contribution in [0.15, 0.2) is 30.6 Å². The van der Waals surface area contributed by atoms with Gasteiger partial charge in [0.15, 0.2) is 0 Å². The summed E-state index contributed by atoms with van der Waals surface area (Å²) in [6.07, 6.45) is 3.92. The number of imidazole rings is 1. The number of aromatic nitrogens is 2. The third-order valence-corrected chi connectivity index (χ3v) is 2.11. The normalized spacial score (nSPS) is 10.4. The maximum atomic E-state index is 10.6. The predicted molar refractivity (Wildman–Crippen MR) is 57.5 cm³/mol. The minimum absolute atomic E-state index is 0.305. The first-order valence-corrected chi connectivity index (χ1v) is 4.71. The molecule has 0 fully saturated rings. The Morgan fingerprint density at radius 3 is 3.20 bits per heavy atom. The molecule has 2 heterocycles. The fourth-order valence-corrected chi connectivity index (χ4v) is 1.41. The Kier molecular flexibility index (Phi) is 2.53. The van der Waals surface area contributed by atoms with Crippen molar-refractivity contribution in [1.82, 2.24) is 9.38 Å². The highest BCUT2D eigenvalue weighted by atomic mass is 16.1. The molecule has 0 saturated heterocycles. The third-order valence-electron chi connectivity index (χ3n) is 2.11. The molecule has 3 N–H and O–H groups in total. The monoisotopic (exact) mass is 204 g/mol. The summed E-state index contributed by atoms with van der Waals surface area (Å²) in [6, 6.07) is 5.75. The van der Waals surface area contributed by atoms with E-state index in [9.17, 15) is 4.79 Å². The van der Waals surface area contributed by atoms with Gasteiger partial charge in [0.1, 0.15) is 11.5 Å². The van der Waals surface area contributed by atoms with Gasteiger partial charge in [0, 0.05) is 25.4 Å². The second kappa shape index (κ2) is 4.00. The van der Waals surface area contributed by atoms with Crippen LogP contribution in [0.5, 0.6) is 0 Å². The van der Waals surface area contributed by atoms with Crippen LogP contribution in [0.2, 0.25) is 0 Å². The number of carbonyl (C=O) groups is 1. The van der Waals surface area contributed by atoms with Crippen LogP contribution in [0.1, 0.15) is 6.42 Å². The average molecular weight is 204 g/mol. The number of primary amides is 1. The highest BCUT2D eigenvalue weighted by Crippen LogP contribution is 2.10. The number of carbonyl (C=O) groups excluding carboxylic acids is 1. The van der Waals surface area contributed by atoms with E-state index in [0.717, 1.165) is 11.5 Å². The first kappa shape index (κ1) is 9.51. The highest BCUT2D eigenvalue weighted by molar-refractivity contribution is 5.74. The maximum absolute atomic E-state index is 10.6. The number of hydrogen-bond donors (Lipinski definition) is 2. The van der Waals surface area contributed by atoms with E-state index in [2.05, 4.69) is 10.3 Å². The molecule has 2 aromatic heterocycles. The van der Waals surface area contributed by atoms with E-state index in [1.165, 1.54) is 0 Å². The number of nitrogens with zero attached hydrogens (tertiary/aromatic N) is 2. The van der Waals surface area contributed by atoms with Gasteiger partial charge in [-0.25, -0.2) is 4.98 Å². The molecule has 2 aromatic rings. The Morgan fingerprint density at radius 2 is 2.40 bits per heavy atom. The van der Waals surface area contributed by atoms with Crippen LogP contribution < -0.4 is 11.1 Å². The van der Waals surface area contributed by atoms with E-state index < -0.39 is 0 Å². The Labute approximate surface area is 86.9 Å². The summed E-state index contributed by atoms with van der Waals surface area (Å²) in [6.45, 7) is 0.534. The van der Waals surface area contributed by atoms with Gasteiger partial charge in [0.25, 0.3) is 0 Å². The van der Waals surface area contributed by atoms with Crippen molar-refractivity contribution in [2.45, 2.75) is 6.42 Å². The molecular weight excluding hydrogens is 192 g/mol. The zero-order valence-corrected chi connectivity index (χ0v) is 8.18. The van der Waals surface area contributed by atoms with Crippen molar-refractivity contribution in [2.75, 3.05) is 11.9 Å². The Hall–Kier alpha value is -2.04. The van der Waals surface area contributed by atoms with Crippen molar-refractivity contribution in [2.24, 2.45) is 5.73 Å². The van der Waals surface area contributed by atoms with Gasteiger partial charge in [-0.2, -0.15) is 0 Å². The number of fused-ring (bicyclic) bond motifs is 1. The molecule has 0 radical (unpaired) electrons. The lowest BCUT2D eigenvalue weighted by atomic mass is 10.4. The van der Waals surface area contributed by atoms with Crippen LogP contribution in [-0.4, -0.2) is 21.8 Å². The Balaban J connectivity index is 2.13. The molecular formula is C10H12N4O. The zero-order valence-electron chi connectivity index (χ0n) is 8.18. The van der Waals surface area contributed by atoms with Gasteiger partial charge in [0.05, 0.1) is 0 Å². The molecule has 0 aliphatic heterocycles. The molecule has 78 valence electrons. The van der Waals surface area contributed by atoms with Crippen LogP contribution in [0.3, 0.4) is 0 Å². The first-order valence-electron chi connectivity index (χ1n) is 4.71. The molecule has 15 heavy (non-hydrogen) atoms. The van der Waals surface area contributed by atoms with Crippen molar-refractivity contribution < 1.29 is 4.79 Å². The van der Waals surface area contributed by atoms with Gasteiger partial charge < -0.3 is 11.1 Å². The molecule has 0 aliphatic carbocycles. The molecule has 0 aliphatic rings. The van der Waals surface area contributed by atoms with E-state index in [4.69, 9.17) is 5.73 Å². The number of nitrogens with two attached hydrogens (primary N) is 1. The van der Waals surface area contributed by atoms with Gasteiger partial charge >= 0.3 is 0 Å². The van der Waals surface area contributed by atoms with Gasteiger partial charge in [0.2, 0.25) is 5.91 Å². The van der Waals surface area contributed by atoms with E-state index in [-0.39, 0.29) is 5.91 Å². The van der Waals surface area contributed by atoms with Gasteiger partial charge in [-0.1, -0.05) is 6.07 Å². The van der Waals surface area contributed by atoms with Gasteiger partial charge in [-0.15, -0.1) is 0 Å². The third kappa shape index (κ3) is 2.07. The van der Waals surface area contributed by atoms with Crippen LogP contribution in [-0.2, 0) is 4.79 Å². The molecule has 0 saturated carbocycles. The maximum Gasteiger partial charge on any atom is 0.219 e. The Bertz CT molecular complexity index is 477. The van der Waals surface area contributed by atoms with Gasteiger partial charge in [-0.05, 0) is 12.1 Å². The molecule has 0 unspecified atom stereocenters. The summed E-state index contributed by atoms with van der Waals surface area (Å²) >= 11 is 0. The van der Waals surface area contributed by atoms with E-state index >= 15 is 0 Å². The fourth-order valence-electron chi connectivity index (χ4n) is 1.41. The molecule has 0 aromatic carbocycles. The van der Waals surface area contributed by atoms with Crippen molar-refractivity contribution in [3.63, 3.8) is 0 Å². The number of rotatable bonds is 4. The summed E-state index contributed by atoms with van der Waals surface area (Å²) < 4.78 is 1.92. The second-order valence-corrected chi connectivity index (χ2v) is 3.21. The standard InChI is InChI=1S/C10H12N4O/c11-8(15)4-5-12-9-2-1-3-10-13-6-7-14(9)10/h1-3,6-7,12H,4-5H2,(H2,11,15). The summed E-state index contributed by atoms with van der Waals surface area (Å²) in [7, 11) is 0. The van der Waals surface area contributed by atoms with E-state index in [1.54, 1.807) is 6.20 Å².